The van der Waals surface area contributed by atoms with Crippen molar-refractivity contribution in [3.05, 3.63) is 29.6 Å². The molecular weight excluding hydrogens is 254 g/mol. The van der Waals surface area contributed by atoms with Gasteiger partial charge in [-0.3, -0.25) is 0 Å². The Balaban J connectivity index is 2.04. The van der Waals surface area contributed by atoms with Crippen molar-refractivity contribution < 1.29 is 0 Å². The van der Waals surface area contributed by atoms with Crippen LogP contribution in [0.2, 0.25) is 0 Å². The average Bonchev–Trinajstić information content (AvgIpc) is 3.16. The van der Waals surface area contributed by atoms with E-state index < -0.39 is 0 Å². The van der Waals surface area contributed by atoms with Crippen LogP contribution in [0.4, 0.5) is 0 Å². The fourth-order valence-corrected chi connectivity index (χ4v) is 3.07. The lowest BCUT2D eigenvalue weighted by molar-refractivity contribution is 0.594. The molecule has 1 aliphatic carbocycles. The quantitative estimate of drug-likeness (QED) is 0.909. The van der Waals surface area contributed by atoms with Crippen molar-refractivity contribution in [3.63, 3.8) is 0 Å². The van der Waals surface area contributed by atoms with Crippen LogP contribution < -0.4 is 5.73 Å². The van der Waals surface area contributed by atoms with E-state index in [2.05, 4.69) is 35.9 Å². The van der Waals surface area contributed by atoms with E-state index in [9.17, 15) is 0 Å². The van der Waals surface area contributed by atoms with Crippen molar-refractivity contribution in [2.45, 2.75) is 38.3 Å². The number of rotatable bonds is 5. The van der Waals surface area contributed by atoms with Crippen LogP contribution in [0.15, 0.2) is 18.2 Å². The molecule has 0 saturated heterocycles. The molecule has 19 heavy (non-hydrogen) atoms. The van der Waals surface area contributed by atoms with E-state index >= 15 is 0 Å². The van der Waals surface area contributed by atoms with Gasteiger partial charge in [0.25, 0.3) is 0 Å². The molecule has 1 aromatic heterocycles. The molecule has 1 fully saturated rings. The van der Waals surface area contributed by atoms with E-state index in [1.54, 1.807) is 0 Å². The maximum atomic E-state index is 6.35. The number of benzene rings is 1. The molecule has 1 saturated carbocycles. The van der Waals surface area contributed by atoms with E-state index in [4.69, 9.17) is 10.7 Å². The first-order chi connectivity index (χ1) is 9.20. The van der Waals surface area contributed by atoms with Crippen molar-refractivity contribution in [1.29, 1.82) is 0 Å². The highest BCUT2D eigenvalue weighted by Gasteiger charge is 2.29. The topological polar surface area (TPSA) is 43.8 Å². The van der Waals surface area contributed by atoms with E-state index in [1.165, 1.54) is 23.9 Å². The molecule has 4 heteroatoms. The Kier molecular flexibility index (Phi) is 3.54. The van der Waals surface area contributed by atoms with Gasteiger partial charge in [0.05, 0.1) is 17.1 Å². The van der Waals surface area contributed by atoms with Crippen LogP contribution in [0.25, 0.3) is 11.0 Å². The Morgan fingerprint density at radius 2 is 2.26 bits per heavy atom. The molecule has 2 aromatic rings. The van der Waals surface area contributed by atoms with Gasteiger partial charge in [0.1, 0.15) is 5.82 Å². The highest BCUT2D eigenvalue weighted by molar-refractivity contribution is 7.98. The third-order valence-corrected chi connectivity index (χ3v) is 4.39. The largest absolute Gasteiger partial charge is 0.324 e. The number of nitrogens with zero attached hydrogens (tertiary/aromatic N) is 2. The Bertz CT molecular complexity index is 586. The Labute approximate surface area is 118 Å². The second kappa shape index (κ2) is 5.17. The maximum Gasteiger partial charge on any atom is 0.127 e. The van der Waals surface area contributed by atoms with Gasteiger partial charge in [-0.15, -0.1) is 0 Å². The monoisotopic (exact) mass is 275 g/mol. The van der Waals surface area contributed by atoms with Gasteiger partial charge in [0.15, 0.2) is 0 Å². The van der Waals surface area contributed by atoms with Gasteiger partial charge in [-0.05, 0) is 55.9 Å². The summed E-state index contributed by atoms with van der Waals surface area (Å²) in [5, 5.41) is 0. The van der Waals surface area contributed by atoms with Crippen molar-refractivity contribution in [2.24, 2.45) is 5.73 Å². The summed E-state index contributed by atoms with van der Waals surface area (Å²) < 4.78 is 2.39. The lowest BCUT2D eigenvalue weighted by Gasteiger charge is -2.13. The lowest BCUT2D eigenvalue weighted by atomic mass is 10.2. The fourth-order valence-electron chi connectivity index (χ4n) is 2.58. The molecule has 1 aliphatic rings. The van der Waals surface area contributed by atoms with Gasteiger partial charge in [0, 0.05) is 6.04 Å². The molecule has 1 atom stereocenters. The van der Waals surface area contributed by atoms with Crippen LogP contribution in [0.1, 0.15) is 42.7 Å². The Morgan fingerprint density at radius 3 is 2.95 bits per heavy atom. The number of hydrogen-bond donors (Lipinski definition) is 1. The molecule has 0 radical (unpaired) electrons. The van der Waals surface area contributed by atoms with Crippen molar-refractivity contribution >= 4 is 22.8 Å². The number of nitrogens with two attached hydrogens (primary N) is 1. The molecule has 1 aromatic carbocycles. The van der Waals surface area contributed by atoms with Crippen LogP contribution in [0, 0.1) is 6.92 Å². The van der Waals surface area contributed by atoms with Crippen LogP contribution in [0.5, 0.6) is 0 Å². The first-order valence-corrected chi connectivity index (χ1v) is 8.33. The first kappa shape index (κ1) is 13.0. The molecule has 0 amide bonds. The summed E-state index contributed by atoms with van der Waals surface area (Å²) in [5.74, 6) is 2.17. The number of imidazole rings is 1. The summed E-state index contributed by atoms with van der Waals surface area (Å²) in [6, 6.07) is 7.21. The van der Waals surface area contributed by atoms with Crippen LogP contribution >= 0.6 is 11.8 Å². The predicted molar refractivity (Wildman–Crippen MR) is 82.7 cm³/mol. The second-order valence-electron chi connectivity index (χ2n) is 5.45. The van der Waals surface area contributed by atoms with Crippen LogP contribution in [-0.4, -0.2) is 21.6 Å². The fraction of sp³-hybridized carbons (Fsp3) is 0.533. The summed E-state index contributed by atoms with van der Waals surface area (Å²) in [7, 11) is 0. The summed E-state index contributed by atoms with van der Waals surface area (Å²) in [5.41, 5.74) is 9.97. The Morgan fingerprint density at radius 1 is 1.47 bits per heavy atom. The molecule has 1 unspecified atom stereocenters. The molecule has 3 rings (SSSR count). The molecule has 0 spiro atoms. The SMILES string of the molecule is CSCCC(N)c1nc2cc(C)ccc2n1C1CC1. The van der Waals surface area contributed by atoms with E-state index in [0.717, 1.165) is 23.5 Å². The predicted octanol–water partition coefficient (Wildman–Crippen LogP) is 3.43. The van der Waals surface area contributed by atoms with E-state index in [1.807, 2.05) is 11.8 Å². The zero-order valence-electron chi connectivity index (χ0n) is 11.6. The normalized spacial score (nSPS) is 17.0. The van der Waals surface area contributed by atoms with Crippen molar-refractivity contribution in [1.82, 2.24) is 9.55 Å². The van der Waals surface area contributed by atoms with Crippen molar-refractivity contribution in [2.75, 3.05) is 12.0 Å². The first-order valence-electron chi connectivity index (χ1n) is 6.93. The minimum absolute atomic E-state index is 0.0563. The van der Waals surface area contributed by atoms with E-state index in [-0.39, 0.29) is 6.04 Å². The number of aromatic nitrogens is 2. The van der Waals surface area contributed by atoms with Gasteiger partial charge < -0.3 is 10.3 Å². The van der Waals surface area contributed by atoms with Gasteiger partial charge >= 0.3 is 0 Å². The van der Waals surface area contributed by atoms with Crippen LogP contribution in [-0.2, 0) is 0 Å². The maximum absolute atomic E-state index is 6.35. The second-order valence-corrected chi connectivity index (χ2v) is 6.44. The van der Waals surface area contributed by atoms with E-state index in [0.29, 0.717) is 6.04 Å². The molecule has 2 N–H and O–H groups in total. The molecule has 1 heterocycles. The summed E-state index contributed by atoms with van der Waals surface area (Å²) in [6.45, 7) is 2.11. The zero-order chi connectivity index (χ0) is 13.4. The number of thioether (sulfide) groups is 1. The van der Waals surface area contributed by atoms with Gasteiger partial charge in [-0.25, -0.2) is 4.98 Å². The molecule has 3 nitrogen and oxygen atoms in total. The minimum atomic E-state index is 0.0563. The van der Waals surface area contributed by atoms with Crippen molar-refractivity contribution in [3.8, 4) is 0 Å². The van der Waals surface area contributed by atoms with Gasteiger partial charge in [-0.1, -0.05) is 6.07 Å². The molecular formula is C15H21N3S. The third kappa shape index (κ3) is 2.51. The highest BCUT2D eigenvalue weighted by Crippen LogP contribution is 2.40. The number of fused-ring (bicyclic) bond motifs is 1. The lowest BCUT2D eigenvalue weighted by Crippen LogP contribution is -2.17. The summed E-state index contributed by atoms with van der Waals surface area (Å²) in [6.07, 6.45) is 5.65. The third-order valence-electron chi connectivity index (χ3n) is 3.75. The average molecular weight is 275 g/mol. The zero-order valence-corrected chi connectivity index (χ0v) is 12.4. The summed E-state index contributed by atoms with van der Waals surface area (Å²) in [4.78, 5) is 4.82. The molecule has 0 bridgehead atoms. The Hall–Kier alpha value is -1.00. The van der Waals surface area contributed by atoms with Gasteiger partial charge in [0.2, 0.25) is 0 Å². The summed E-state index contributed by atoms with van der Waals surface area (Å²) >= 11 is 1.85. The minimum Gasteiger partial charge on any atom is -0.324 e. The molecule has 102 valence electrons. The smallest absolute Gasteiger partial charge is 0.127 e. The number of hydrogen-bond acceptors (Lipinski definition) is 3. The highest BCUT2D eigenvalue weighted by atomic mass is 32.2. The number of aryl methyl sites for hydroxylation is 1. The van der Waals surface area contributed by atoms with Gasteiger partial charge in [-0.2, -0.15) is 11.8 Å². The standard InChI is InChI=1S/C15H21N3S/c1-10-3-6-14-13(9-10)17-15(12(16)7-8-19-2)18(14)11-4-5-11/h3,6,9,11-12H,4-5,7-8,16H2,1-2H3. The van der Waals surface area contributed by atoms with Crippen LogP contribution in [0.3, 0.4) is 0 Å². The molecule has 0 aliphatic heterocycles.